The highest BCUT2D eigenvalue weighted by Crippen LogP contribution is 2.34. The summed E-state index contributed by atoms with van der Waals surface area (Å²) in [4.78, 5) is 7.35. The number of fused-ring (bicyclic) bond motifs is 2. The van der Waals surface area contributed by atoms with Gasteiger partial charge in [0.2, 0.25) is 0 Å². The third-order valence-corrected chi connectivity index (χ3v) is 5.16. The van der Waals surface area contributed by atoms with E-state index in [0.29, 0.717) is 18.2 Å². The maximum absolute atomic E-state index is 5.92. The zero-order valence-corrected chi connectivity index (χ0v) is 16.8. The normalized spacial score (nSPS) is 31.5. The van der Waals surface area contributed by atoms with Gasteiger partial charge < -0.3 is 20.3 Å². The molecule has 3 saturated heterocycles. The minimum absolute atomic E-state index is 0. The summed E-state index contributed by atoms with van der Waals surface area (Å²) >= 11 is 0. The lowest BCUT2D eigenvalue weighted by Crippen LogP contribution is -2.47. The van der Waals surface area contributed by atoms with Crippen LogP contribution in [0.15, 0.2) is 4.99 Å². The van der Waals surface area contributed by atoms with Crippen LogP contribution in [0.4, 0.5) is 0 Å². The van der Waals surface area contributed by atoms with Crippen molar-refractivity contribution in [2.45, 2.75) is 70.1 Å². The average molecular weight is 436 g/mol. The molecular formula is C17H33IN4O. The van der Waals surface area contributed by atoms with Crippen molar-refractivity contribution in [1.29, 1.82) is 0 Å². The topological polar surface area (TPSA) is 48.9 Å². The summed E-state index contributed by atoms with van der Waals surface area (Å²) in [5, 5.41) is 6.98. The maximum atomic E-state index is 5.92. The van der Waals surface area contributed by atoms with Crippen molar-refractivity contribution in [2.75, 3.05) is 32.7 Å². The second-order valence-corrected chi connectivity index (χ2v) is 6.88. The van der Waals surface area contributed by atoms with Crippen molar-refractivity contribution < 1.29 is 4.74 Å². The van der Waals surface area contributed by atoms with Crippen LogP contribution >= 0.6 is 24.0 Å². The first-order valence-corrected chi connectivity index (χ1v) is 9.28. The number of aliphatic imine (C=N–C) groups is 1. The number of nitrogens with one attached hydrogen (secondary N) is 2. The van der Waals surface area contributed by atoms with Crippen LogP contribution in [0.1, 0.15) is 51.9 Å². The Kier molecular flexibility index (Phi) is 8.40. The summed E-state index contributed by atoms with van der Waals surface area (Å²) in [5.41, 5.74) is 0. The Morgan fingerprint density at radius 2 is 1.96 bits per heavy atom. The number of likely N-dealkylation sites (tertiary alicyclic amines) is 1. The van der Waals surface area contributed by atoms with Crippen LogP contribution in [0.25, 0.3) is 0 Å². The molecule has 134 valence electrons. The largest absolute Gasteiger partial charge is 0.373 e. The van der Waals surface area contributed by atoms with Crippen LogP contribution in [0.3, 0.4) is 0 Å². The van der Waals surface area contributed by atoms with Gasteiger partial charge in [0.1, 0.15) is 0 Å². The molecule has 3 heterocycles. The van der Waals surface area contributed by atoms with Crippen LogP contribution < -0.4 is 10.6 Å². The summed E-state index contributed by atoms with van der Waals surface area (Å²) in [5.74, 6) is 0.971. The third-order valence-electron chi connectivity index (χ3n) is 5.16. The molecule has 5 nitrogen and oxygen atoms in total. The van der Waals surface area contributed by atoms with Gasteiger partial charge in [-0.2, -0.15) is 0 Å². The molecule has 3 fully saturated rings. The van der Waals surface area contributed by atoms with Crippen molar-refractivity contribution >= 4 is 29.9 Å². The number of rotatable bonds is 5. The highest BCUT2D eigenvalue weighted by atomic mass is 127. The van der Waals surface area contributed by atoms with Crippen LogP contribution in [-0.4, -0.2) is 61.8 Å². The Morgan fingerprint density at radius 1 is 1.17 bits per heavy atom. The predicted molar refractivity (Wildman–Crippen MR) is 106 cm³/mol. The van der Waals surface area contributed by atoms with Crippen molar-refractivity contribution in [3.8, 4) is 0 Å². The number of guanidine groups is 1. The molecule has 0 aromatic carbocycles. The Hall–Kier alpha value is -0.0800. The van der Waals surface area contributed by atoms with E-state index in [-0.39, 0.29) is 24.0 Å². The first-order valence-electron chi connectivity index (χ1n) is 9.28. The van der Waals surface area contributed by atoms with Crippen molar-refractivity contribution in [2.24, 2.45) is 4.99 Å². The van der Waals surface area contributed by atoms with Crippen LogP contribution in [0.2, 0.25) is 0 Å². The molecule has 3 atom stereocenters. The van der Waals surface area contributed by atoms with E-state index in [1.165, 1.54) is 51.6 Å². The lowest BCUT2D eigenvalue weighted by atomic mass is 9.96. The summed E-state index contributed by atoms with van der Waals surface area (Å²) in [6.45, 7) is 7.51. The van der Waals surface area contributed by atoms with E-state index in [1.807, 2.05) is 0 Å². The van der Waals surface area contributed by atoms with Gasteiger partial charge in [0, 0.05) is 13.1 Å². The van der Waals surface area contributed by atoms with Crippen LogP contribution in [-0.2, 0) is 4.74 Å². The van der Waals surface area contributed by atoms with E-state index >= 15 is 0 Å². The lowest BCUT2D eigenvalue weighted by molar-refractivity contribution is 0.0992. The Bertz CT molecular complexity index is 372. The number of hydrogen-bond acceptors (Lipinski definition) is 3. The first kappa shape index (κ1) is 19.2. The predicted octanol–water partition coefficient (Wildman–Crippen LogP) is 2.36. The van der Waals surface area contributed by atoms with Crippen LogP contribution in [0.5, 0.6) is 0 Å². The Morgan fingerprint density at radius 3 is 2.57 bits per heavy atom. The van der Waals surface area contributed by atoms with Gasteiger partial charge in [-0.3, -0.25) is 4.99 Å². The van der Waals surface area contributed by atoms with E-state index in [9.17, 15) is 0 Å². The summed E-state index contributed by atoms with van der Waals surface area (Å²) in [6.07, 6.45) is 9.97. The highest BCUT2D eigenvalue weighted by molar-refractivity contribution is 14.0. The van der Waals surface area contributed by atoms with Gasteiger partial charge in [0.25, 0.3) is 0 Å². The molecule has 6 heteroatoms. The highest BCUT2D eigenvalue weighted by Gasteiger charge is 2.41. The smallest absolute Gasteiger partial charge is 0.191 e. The molecule has 23 heavy (non-hydrogen) atoms. The molecule has 3 aliphatic rings. The third kappa shape index (κ3) is 5.74. The molecule has 3 aliphatic heterocycles. The molecule has 0 spiro atoms. The molecule has 2 N–H and O–H groups in total. The molecule has 0 amide bonds. The number of halogens is 1. The van der Waals surface area contributed by atoms with E-state index in [1.54, 1.807) is 0 Å². The van der Waals surface area contributed by atoms with Crippen molar-refractivity contribution in [3.63, 3.8) is 0 Å². The molecule has 0 radical (unpaired) electrons. The van der Waals surface area contributed by atoms with E-state index in [0.717, 1.165) is 32.0 Å². The van der Waals surface area contributed by atoms with Gasteiger partial charge in [0.05, 0.1) is 24.8 Å². The van der Waals surface area contributed by atoms with E-state index in [2.05, 4.69) is 22.5 Å². The monoisotopic (exact) mass is 436 g/mol. The molecule has 0 aromatic rings. The van der Waals surface area contributed by atoms with E-state index < -0.39 is 0 Å². The lowest BCUT2D eigenvalue weighted by Gasteiger charge is -2.23. The fourth-order valence-electron chi connectivity index (χ4n) is 3.95. The second kappa shape index (κ2) is 10.0. The molecule has 3 rings (SSSR count). The number of hydrogen-bond donors (Lipinski definition) is 2. The van der Waals surface area contributed by atoms with E-state index in [4.69, 9.17) is 9.73 Å². The van der Waals surface area contributed by atoms with Crippen LogP contribution in [0, 0.1) is 0 Å². The molecule has 0 aliphatic carbocycles. The molecule has 0 saturated carbocycles. The number of ether oxygens (including phenoxy) is 1. The second-order valence-electron chi connectivity index (χ2n) is 6.88. The maximum Gasteiger partial charge on any atom is 0.191 e. The zero-order valence-electron chi connectivity index (χ0n) is 14.4. The minimum atomic E-state index is 0. The molecule has 2 bridgehead atoms. The summed E-state index contributed by atoms with van der Waals surface area (Å²) in [6, 6.07) is 0.453. The Labute approximate surface area is 158 Å². The fourth-order valence-corrected chi connectivity index (χ4v) is 3.95. The average Bonchev–Trinajstić information content (AvgIpc) is 3.03. The van der Waals surface area contributed by atoms with Gasteiger partial charge in [-0.1, -0.05) is 12.8 Å². The molecular weight excluding hydrogens is 403 g/mol. The first-order chi connectivity index (χ1) is 10.8. The fraction of sp³-hybridized carbons (Fsp3) is 0.941. The molecule has 3 unspecified atom stereocenters. The zero-order chi connectivity index (χ0) is 15.2. The Balaban J connectivity index is 0.00000192. The summed E-state index contributed by atoms with van der Waals surface area (Å²) < 4.78 is 5.92. The van der Waals surface area contributed by atoms with Gasteiger partial charge >= 0.3 is 0 Å². The summed E-state index contributed by atoms with van der Waals surface area (Å²) in [7, 11) is 0. The quantitative estimate of drug-likeness (QED) is 0.395. The van der Waals surface area contributed by atoms with Gasteiger partial charge in [-0.05, 0) is 52.1 Å². The minimum Gasteiger partial charge on any atom is -0.373 e. The van der Waals surface area contributed by atoms with Crippen molar-refractivity contribution in [1.82, 2.24) is 15.5 Å². The van der Waals surface area contributed by atoms with Gasteiger partial charge in [-0.25, -0.2) is 0 Å². The molecule has 0 aromatic heterocycles. The van der Waals surface area contributed by atoms with Gasteiger partial charge in [-0.15, -0.1) is 24.0 Å². The SMILES string of the molecule is CCNC(=NCCN1CCCCCC1)NC1CC2CCC1O2.I. The number of nitrogens with zero attached hydrogens (tertiary/aromatic N) is 2. The van der Waals surface area contributed by atoms with Gasteiger partial charge in [0.15, 0.2) is 5.96 Å². The standard InChI is InChI=1S/C17H32N4O.HI/c1-2-18-17(20-15-13-14-7-8-16(15)22-14)19-9-12-21-10-5-3-4-6-11-21;/h14-16H,2-13H2,1H3,(H2,18,19,20);1H. The van der Waals surface area contributed by atoms with Crippen molar-refractivity contribution in [3.05, 3.63) is 0 Å².